The first kappa shape index (κ1) is 14.9. The third-order valence-electron chi connectivity index (χ3n) is 2.25. The highest BCUT2D eigenvalue weighted by atomic mass is 79.9. The molecule has 0 radical (unpaired) electrons. The summed E-state index contributed by atoms with van der Waals surface area (Å²) in [5.41, 5.74) is -0.00461. The lowest BCUT2D eigenvalue weighted by molar-refractivity contribution is -0.385. The summed E-state index contributed by atoms with van der Waals surface area (Å²) in [4.78, 5) is 10.4. The molecule has 1 aromatic carbocycles. The number of nitrogens with one attached hydrogen (secondary N) is 1. The molecule has 0 aliphatic carbocycles. The first-order chi connectivity index (χ1) is 8.50. The van der Waals surface area contributed by atoms with Gasteiger partial charge in [-0.3, -0.25) is 10.1 Å². The topological polar surface area (TPSA) is 64.4 Å². The van der Waals surface area contributed by atoms with Gasteiger partial charge < -0.3 is 10.1 Å². The Balaban J connectivity index is 2.50. The minimum absolute atomic E-state index is 0.00461. The van der Waals surface area contributed by atoms with Crippen LogP contribution in [0, 0.1) is 10.1 Å². The standard InChI is InChI=1S/C12H17BrN2O3/c1-9(2)14-6-3-7-18-12-8-10(13)4-5-11(12)15(16)17/h4-5,8-9,14H,3,6-7H2,1-2H3. The van der Waals surface area contributed by atoms with Gasteiger partial charge in [-0.1, -0.05) is 29.8 Å². The predicted octanol–water partition coefficient (Wildman–Crippen LogP) is 3.12. The molecule has 0 saturated heterocycles. The molecule has 0 amide bonds. The number of benzene rings is 1. The van der Waals surface area contributed by atoms with Gasteiger partial charge in [0.15, 0.2) is 5.75 Å². The molecule has 6 heteroatoms. The number of halogens is 1. The molecule has 0 aliphatic heterocycles. The van der Waals surface area contributed by atoms with Crippen molar-refractivity contribution >= 4 is 21.6 Å². The highest BCUT2D eigenvalue weighted by Gasteiger charge is 2.14. The maximum absolute atomic E-state index is 10.8. The zero-order valence-corrected chi connectivity index (χ0v) is 12.1. The summed E-state index contributed by atoms with van der Waals surface area (Å²) in [6.07, 6.45) is 0.807. The Morgan fingerprint density at radius 1 is 1.50 bits per heavy atom. The second-order valence-electron chi connectivity index (χ2n) is 4.18. The van der Waals surface area contributed by atoms with Crippen LogP contribution in [0.1, 0.15) is 20.3 Å². The fourth-order valence-corrected chi connectivity index (χ4v) is 1.74. The molecule has 0 unspecified atom stereocenters. The summed E-state index contributed by atoms with van der Waals surface area (Å²) >= 11 is 3.27. The molecule has 0 atom stereocenters. The van der Waals surface area contributed by atoms with E-state index in [1.807, 2.05) is 0 Å². The lowest BCUT2D eigenvalue weighted by atomic mass is 10.3. The summed E-state index contributed by atoms with van der Waals surface area (Å²) in [7, 11) is 0. The van der Waals surface area contributed by atoms with Crippen LogP contribution in [0.3, 0.4) is 0 Å². The minimum Gasteiger partial charge on any atom is -0.487 e. The van der Waals surface area contributed by atoms with E-state index < -0.39 is 4.92 Å². The predicted molar refractivity (Wildman–Crippen MR) is 74.0 cm³/mol. The fourth-order valence-electron chi connectivity index (χ4n) is 1.40. The van der Waals surface area contributed by atoms with E-state index in [2.05, 4.69) is 35.1 Å². The quantitative estimate of drug-likeness (QED) is 0.477. The van der Waals surface area contributed by atoms with Crippen molar-refractivity contribution in [1.82, 2.24) is 5.32 Å². The number of nitro groups is 1. The van der Waals surface area contributed by atoms with Gasteiger partial charge in [0.1, 0.15) is 0 Å². The Morgan fingerprint density at radius 2 is 2.22 bits per heavy atom. The summed E-state index contributed by atoms with van der Waals surface area (Å²) < 4.78 is 6.22. The second kappa shape index (κ2) is 7.33. The van der Waals surface area contributed by atoms with Crippen LogP contribution < -0.4 is 10.1 Å². The average Bonchev–Trinajstić information content (AvgIpc) is 2.27. The average molecular weight is 317 g/mol. The zero-order valence-electron chi connectivity index (χ0n) is 10.5. The fraction of sp³-hybridized carbons (Fsp3) is 0.500. The van der Waals surface area contributed by atoms with Crippen LogP contribution in [0.5, 0.6) is 5.75 Å². The van der Waals surface area contributed by atoms with Crippen molar-refractivity contribution in [3.63, 3.8) is 0 Å². The summed E-state index contributed by atoms with van der Waals surface area (Å²) in [5.74, 6) is 0.305. The highest BCUT2D eigenvalue weighted by Crippen LogP contribution is 2.30. The van der Waals surface area contributed by atoms with Crippen molar-refractivity contribution < 1.29 is 9.66 Å². The van der Waals surface area contributed by atoms with Gasteiger partial charge in [-0.15, -0.1) is 0 Å². The van der Waals surface area contributed by atoms with Crippen LogP contribution >= 0.6 is 15.9 Å². The molecule has 0 heterocycles. The van der Waals surface area contributed by atoms with Gasteiger partial charge in [-0.25, -0.2) is 0 Å². The Labute approximate surface area is 115 Å². The summed E-state index contributed by atoms with van der Waals surface area (Å²) in [6, 6.07) is 5.12. The van der Waals surface area contributed by atoms with E-state index in [1.54, 1.807) is 12.1 Å². The number of ether oxygens (including phenoxy) is 1. The van der Waals surface area contributed by atoms with E-state index in [1.165, 1.54) is 6.07 Å². The van der Waals surface area contributed by atoms with Gasteiger partial charge in [-0.05, 0) is 19.0 Å². The van der Waals surface area contributed by atoms with Crippen molar-refractivity contribution in [2.24, 2.45) is 0 Å². The number of nitro benzene ring substituents is 1. The molecule has 0 bridgehead atoms. The van der Waals surface area contributed by atoms with Gasteiger partial charge in [0, 0.05) is 22.6 Å². The molecule has 0 spiro atoms. The van der Waals surface area contributed by atoms with Crippen LogP contribution in [0.25, 0.3) is 0 Å². The SMILES string of the molecule is CC(C)NCCCOc1cc(Br)ccc1[N+](=O)[O-]. The first-order valence-electron chi connectivity index (χ1n) is 5.81. The van der Waals surface area contributed by atoms with Gasteiger partial charge >= 0.3 is 5.69 Å². The molecule has 0 aliphatic rings. The zero-order chi connectivity index (χ0) is 13.5. The number of rotatable bonds is 7. The van der Waals surface area contributed by atoms with Crippen molar-refractivity contribution in [1.29, 1.82) is 0 Å². The third-order valence-corrected chi connectivity index (χ3v) is 2.74. The summed E-state index contributed by atoms with van der Waals surface area (Å²) in [6.45, 7) is 5.43. The molecule has 0 fully saturated rings. The Morgan fingerprint density at radius 3 is 2.83 bits per heavy atom. The Hall–Kier alpha value is -1.14. The van der Waals surface area contributed by atoms with E-state index >= 15 is 0 Å². The normalized spacial score (nSPS) is 10.7. The maximum atomic E-state index is 10.8. The number of hydrogen-bond acceptors (Lipinski definition) is 4. The Kier molecular flexibility index (Phi) is 6.07. The van der Waals surface area contributed by atoms with Crippen LogP contribution in [0.4, 0.5) is 5.69 Å². The van der Waals surface area contributed by atoms with E-state index in [9.17, 15) is 10.1 Å². The molecule has 1 aromatic rings. The lowest BCUT2D eigenvalue weighted by Gasteiger charge is -2.09. The third kappa shape index (κ3) is 5.01. The molecule has 100 valence electrons. The Bertz CT molecular complexity index is 410. The van der Waals surface area contributed by atoms with Crippen molar-refractivity contribution in [2.45, 2.75) is 26.3 Å². The molecule has 1 rings (SSSR count). The van der Waals surface area contributed by atoms with Crippen LogP contribution in [0.2, 0.25) is 0 Å². The highest BCUT2D eigenvalue weighted by molar-refractivity contribution is 9.10. The van der Waals surface area contributed by atoms with Gasteiger partial charge in [0.25, 0.3) is 0 Å². The number of hydrogen-bond donors (Lipinski definition) is 1. The smallest absolute Gasteiger partial charge is 0.310 e. The summed E-state index contributed by atoms with van der Waals surface area (Å²) in [5, 5.41) is 14.1. The van der Waals surface area contributed by atoms with Crippen LogP contribution in [-0.2, 0) is 0 Å². The van der Waals surface area contributed by atoms with Crippen molar-refractivity contribution in [3.05, 3.63) is 32.8 Å². The van der Waals surface area contributed by atoms with E-state index in [0.717, 1.165) is 17.4 Å². The molecule has 0 saturated carbocycles. The molecule has 5 nitrogen and oxygen atoms in total. The maximum Gasteiger partial charge on any atom is 0.310 e. The monoisotopic (exact) mass is 316 g/mol. The van der Waals surface area contributed by atoms with E-state index in [-0.39, 0.29) is 5.69 Å². The number of nitrogens with zero attached hydrogens (tertiary/aromatic N) is 1. The van der Waals surface area contributed by atoms with E-state index in [4.69, 9.17) is 4.74 Å². The second-order valence-corrected chi connectivity index (χ2v) is 5.10. The van der Waals surface area contributed by atoms with Crippen LogP contribution in [0.15, 0.2) is 22.7 Å². The van der Waals surface area contributed by atoms with Crippen molar-refractivity contribution in [2.75, 3.05) is 13.2 Å². The molecule has 0 aromatic heterocycles. The van der Waals surface area contributed by atoms with Crippen molar-refractivity contribution in [3.8, 4) is 5.75 Å². The van der Waals surface area contributed by atoms with Gasteiger partial charge in [0.05, 0.1) is 11.5 Å². The van der Waals surface area contributed by atoms with Crippen LogP contribution in [-0.4, -0.2) is 24.1 Å². The largest absolute Gasteiger partial charge is 0.487 e. The lowest BCUT2D eigenvalue weighted by Crippen LogP contribution is -2.24. The van der Waals surface area contributed by atoms with Gasteiger partial charge in [-0.2, -0.15) is 0 Å². The van der Waals surface area contributed by atoms with E-state index in [0.29, 0.717) is 18.4 Å². The molecule has 1 N–H and O–H groups in total. The molecular weight excluding hydrogens is 300 g/mol. The first-order valence-corrected chi connectivity index (χ1v) is 6.60. The van der Waals surface area contributed by atoms with Gasteiger partial charge in [0.2, 0.25) is 0 Å². The molecular formula is C12H17BrN2O3. The molecule has 18 heavy (non-hydrogen) atoms. The minimum atomic E-state index is -0.436.